The number of aryl methyl sites for hydroxylation is 1. The van der Waals surface area contributed by atoms with E-state index in [1.807, 2.05) is 0 Å². The van der Waals surface area contributed by atoms with E-state index in [9.17, 15) is 0 Å². The van der Waals surface area contributed by atoms with Crippen molar-refractivity contribution in [3.63, 3.8) is 0 Å². The van der Waals surface area contributed by atoms with E-state index in [1.165, 1.54) is 33.0 Å². The van der Waals surface area contributed by atoms with Crippen LogP contribution in [0.15, 0.2) is 60.7 Å². The third kappa shape index (κ3) is 3.00. The summed E-state index contributed by atoms with van der Waals surface area (Å²) in [4.78, 5) is 0. The molecule has 0 aliphatic heterocycles. The molecule has 1 radical (unpaired) electrons. The van der Waals surface area contributed by atoms with Crippen LogP contribution in [0.25, 0.3) is 16.8 Å². The van der Waals surface area contributed by atoms with Crippen molar-refractivity contribution in [2.75, 3.05) is 0 Å². The maximum absolute atomic E-state index is 2.33. The van der Waals surface area contributed by atoms with Crippen LogP contribution in [0.1, 0.15) is 28.2 Å². The molecule has 3 aromatic rings. The van der Waals surface area contributed by atoms with Gasteiger partial charge in [-0.1, -0.05) is 49.4 Å². The van der Waals surface area contributed by atoms with Crippen LogP contribution < -0.4 is 24.8 Å². The second-order valence-electron chi connectivity index (χ2n) is 5.29. The summed E-state index contributed by atoms with van der Waals surface area (Å²) in [6.07, 6.45) is 4.58. The Morgan fingerprint density at radius 3 is 2.41 bits per heavy atom. The standard InChI is InChI=1S/C19H15.2ClH.Zr/c1-13-12-15-7-3-5-9-17(15)19(13)18-11-10-14-6-2-4-8-16(14)18;;;/h2-12,18H,1H3;2*1H;/q-1;;;+3/p-2. The zero-order valence-electron chi connectivity index (χ0n) is 12.2. The largest absolute Gasteiger partial charge is 3.00 e. The minimum absolute atomic E-state index is 0. The van der Waals surface area contributed by atoms with Crippen molar-refractivity contribution >= 4 is 16.8 Å². The second kappa shape index (κ2) is 7.69. The van der Waals surface area contributed by atoms with Crippen LogP contribution in [0.2, 0.25) is 0 Å². The molecular formula is C19H15Cl2Zr. The van der Waals surface area contributed by atoms with E-state index >= 15 is 0 Å². The van der Waals surface area contributed by atoms with E-state index in [2.05, 4.69) is 73.7 Å². The summed E-state index contributed by atoms with van der Waals surface area (Å²) in [7, 11) is 0. The summed E-state index contributed by atoms with van der Waals surface area (Å²) in [6, 6.07) is 19.7. The maximum atomic E-state index is 2.33. The number of halogens is 2. The Kier molecular flexibility index (Phi) is 6.74. The molecule has 1 aliphatic carbocycles. The summed E-state index contributed by atoms with van der Waals surface area (Å²) in [5.74, 6) is 0.413. The molecule has 1 atom stereocenters. The Balaban J connectivity index is 0.000000807. The molecule has 0 nitrogen and oxygen atoms in total. The first kappa shape index (κ1) is 19.3. The minimum atomic E-state index is 0. The molecule has 0 saturated carbocycles. The van der Waals surface area contributed by atoms with E-state index in [0.717, 1.165) is 0 Å². The number of hydrogen-bond acceptors (Lipinski definition) is 0. The van der Waals surface area contributed by atoms with Gasteiger partial charge in [0.15, 0.2) is 0 Å². The quantitative estimate of drug-likeness (QED) is 0.458. The molecule has 109 valence electrons. The molecule has 0 aromatic heterocycles. The van der Waals surface area contributed by atoms with Crippen molar-refractivity contribution in [1.29, 1.82) is 0 Å². The van der Waals surface area contributed by atoms with Crippen LogP contribution >= 0.6 is 0 Å². The first-order valence-electron chi connectivity index (χ1n) is 6.76. The third-order valence-corrected chi connectivity index (χ3v) is 4.16. The smallest absolute Gasteiger partial charge is 1.00 e. The van der Waals surface area contributed by atoms with Crippen molar-refractivity contribution in [3.05, 3.63) is 82.9 Å². The number of hydrogen-bond donors (Lipinski definition) is 0. The minimum Gasteiger partial charge on any atom is -1.00 e. The van der Waals surface area contributed by atoms with Gasteiger partial charge in [0, 0.05) is 0 Å². The molecule has 0 heterocycles. The van der Waals surface area contributed by atoms with Gasteiger partial charge in [-0.15, -0.1) is 46.2 Å². The average Bonchev–Trinajstić information content (AvgIpc) is 2.98. The molecule has 0 saturated heterocycles. The van der Waals surface area contributed by atoms with Crippen molar-refractivity contribution < 1.29 is 51.0 Å². The van der Waals surface area contributed by atoms with E-state index in [4.69, 9.17) is 0 Å². The van der Waals surface area contributed by atoms with Gasteiger partial charge in [-0.05, 0) is 17.0 Å². The monoisotopic (exact) mass is 403 g/mol. The van der Waals surface area contributed by atoms with Gasteiger partial charge in [-0.3, -0.25) is 0 Å². The summed E-state index contributed by atoms with van der Waals surface area (Å²) >= 11 is 0. The fourth-order valence-electron chi connectivity index (χ4n) is 3.31. The number of fused-ring (bicyclic) bond motifs is 2. The number of allylic oxidation sites excluding steroid dienone is 1. The zero-order chi connectivity index (χ0) is 12.8. The first-order chi connectivity index (χ1) is 9.34. The first-order valence-corrected chi connectivity index (χ1v) is 6.76. The Labute approximate surface area is 162 Å². The Morgan fingerprint density at radius 2 is 1.59 bits per heavy atom. The Bertz CT molecular complexity index is 802. The van der Waals surface area contributed by atoms with Gasteiger partial charge in [-0.25, -0.2) is 0 Å². The molecule has 1 unspecified atom stereocenters. The van der Waals surface area contributed by atoms with Gasteiger partial charge in [0.2, 0.25) is 0 Å². The number of rotatable bonds is 1. The van der Waals surface area contributed by atoms with Crippen molar-refractivity contribution in [2.45, 2.75) is 12.8 Å². The summed E-state index contributed by atoms with van der Waals surface area (Å²) in [5, 5.41) is 2.75. The molecule has 0 amide bonds. The third-order valence-electron chi connectivity index (χ3n) is 4.16. The molecule has 22 heavy (non-hydrogen) atoms. The van der Waals surface area contributed by atoms with E-state index in [1.54, 1.807) is 0 Å². The van der Waals surface area contributed by atoms with E-state index < -0.39 is 0 Å². The van der Waals surface area contributed by atoms with Crippen LogP contribution in [-0.2, 0) is 26.2 Å². The summed E-state index contributed by atoms with van der Waals surface area (Å²) in [5.41, 5.74) is 5.66. The van der Waals surface area contributed by atoms with Gasteiger partial charge in [-0.2, -0.15) is 0 Å². The molecule has 0 fully saturated rings. The molecular weight excluding hydrogens is 390 g/mol. The summed E-state index contributed by atoms with van der Waals surface area (Å²) < 4.78 is 0. The molecule has 0 N–H and O–H groups in total. The molecule has 0 spiro atoms. The maximum Gasteiger partial charge on any atom is 3.00 e. The molecule has 4 rings (SSSR count). The predicted octanol–water partition coefficient (Wildman–Crippen LogP) is -0.969. The summed E-state index contributed by atoms with van der Waals surface area (Å²) in [6.45, 7) is 2.23. The zero-order valence-corrected chi connectivity index (χ0v) is 16.2. The van der Waals surface area contributed by atoms with Crippen LogP contribution in [0, 0.1) is 6.92 Å². The molecule has 3 heteroatoms. The molecule has 0 bridgehead atoms. The second-order valence-corrected chi connectivity index (χ2v) is 5.29. The Morgan fingerprint density at radius 1 is 0.909 bits per heavy atom. The normalized spacial score (nSPS) is 14.7. The van der Waals surface area contributed by atoms with Crippen LogP contribution in [0.4, 0.5) is 0 Å². The average molecular weight is 405 g/mol. The van der Waals surface area contributed by atoms with Crippen molar-refractivity contribution in [1.82, 2.24) is 0 Å². The number of benzene rings is 2. The molecule has 1 aliphatic rings. The SMILES string of the molecule is Cc1[cH-]c2ccccc2c1C1C=Cc2ccccc21.[Cl-].[Cl-].[Zr+3]. The van der Waals surface area contributed by atoms with Gasteiger partial charge >= 0.3 is 26.2 Å². The molecule has 3 aromatic carbocycles. The predicted molar refractivity (Wildman–Crippen MR) is 81.6 cm³/mol. The van der Waals surface area contributed by atoms with Crippen LogP contribution in [0.5, 0.6) is 0 Å². The topological polar surface area (TPSA) is 0 Å². The van der Waals surface area contributed by atoms with Gasteiger partial charge < -0.3 is 24.8 Å². The van der Waals surface area contributed by atoms with E-state index in [0.29, 0.717) is 5.92 Å². The fourth-order valence-corrected chi connectivity index (χ4v) is 3.31. The van der Waals surface area contributed by atoms with Crippen LogP contribution in [-0.4, -0.2) is 0 Å². The van der Waals surface area contributed by atoms with Gasteiger partial charge in [0.25, 0.3) is 0 Å². The van der Waals surface area contributed by atoms with Crippen LogP contribution in [0.3, 0.4) is 0 Å². The van der Waals surface area contributed by atoms with Crippen molar-refractivity contribution in [2.24, 2.45) is 0 Å². The van der Waals surface area contributed by atoms with Crippen molar-refractivity contribution in [3.8, 4) is 0 Å². The van der Waals surface area contributed by atoms with Gasteiger partial charge in [0.05, 0.1) is 0 Å². The fraction of sp³-hybridized carbons (Fsp3) is 0.105. The Hall–Kier alpha value is -0.747. The van der Waals surface area contributed by atoms with E-state index in [-0.39, 0.29) is 51.0 Å². The van der Waals surface area contributed by atoms with Gasteiger partial charge in [0.1, 0.15) is 0 Å².